The second-order valence-electron chi connectivity index (χ2n) is 7.47. The van der Waals surface area contributed by atoms with Gasteiger partial charge in [0.05, 0.1) is 18.4 Å². The lowest BCUT2D eigenvalue weighted by Crippen LogP contribution is -2.54. The van der Waals surface area contributed by atoms with E-state index in [1.807, 2.05) is 0 Å². The van der Waals surface area contributed by atoms with Gasteiger partial charge < -0.3 is 14.6 Å². The van der Waals surface area contributed by atoms with Gasteiger partial charge in [0, 0.05) is 18.5 Å². The van der Waals surface area contributed by atoms with Crippen LogP contribution >= 0.6 is 0 Å². The number of hydrogen-bond acceptors (Lipinski definition) is 5. The van der Waals surface area contributed by atoms with Crippen molar-refractivity contribution in [2.45, 2.75) is 64.5 Å². The van der Waals surface area contributed by atoms with Crippen LogP contribution in [0.15, 0.2) is 18.2 Å². The summed E-state index contributed by atoms with van der Waals surface area (Å²) in [6.45, 7) is 6.55. The normalized spacial score (nSPS) is 21.6. The molecule has 1 aliphatic heterocycles. The molecule has 29 heavy (non-hydrogen) atoms. The molecule has 1 N–H and O–H groups in total. The van der Waals surface area contributed by atoms with Gasteiger partial charge >= 0.3 is 6.18 Å². The average molecular weight is 439 g/mol. The molecule has 0 radical (unpaired) electrons. The molecule has 2 atom stereocenters. The van der Waals surface area contributed by atoms with Gasteiger partial charge in [-0.15, -0.1) is 0 Å². The summed E-state index contributed by atoms with van der Waals surface area (Å²) < 4.78 is 74.6. The molecule has 0 aromatic heterocycles. The van der Waals surface area contributed by atoms with E-state index in [0.717, 1.165) is 0 Å². The third-order valence-corrected chi connectivity index (χ3v) is 6.83. The summed E-state index contributed by atoms with van der Waals surface area (Å²) in [6, 6.07) is 3.77. The van der Waals surface area contributed by atoms with Crippen molar-refractivity contribution in [1.29, 1.82) is 0 Å². The fourth-order valence-electron chi connectivity index (χ4n) is 3.34. The minimum Gasteiger partial charge on any atom is -0.494 e. The zero-order chi connectivity index (χ0) is 22.0. The van der Waals surface area contributed by atoms with Crippen LogP contribution in [0.4, 0.5) is 13.2 Å². The smallest absolute Gasteiger partial charge is 0.389 e. The fraction of sp³-hybridized carbons (Fsp3) is 0.684. The van der Waals surface area contributed by atoms with Crippen molar-refractivity contribution in [2.75, 3.05) is 18.9 Å². The van der Waals surface area contributed by atoms with Gasteiger partial charge in [0.15, 0.2) is 0 Å². The van der Waals surface area contributed by atoms with E-state index in [4.69, 9.17) is 9.47 Å². The Kier molecular flexibility index (Phi) is 7.12. The molecule has 2 rings (SSSR count). The molecule has 1 heterocycles. The third-order valence-electron chi connectivity index (χ3n) is 4.90. The number of fused-ring (bicyclic) bond motifs is 1. The molecule has 2 unspecified atom stereocenters. The number of halogens is 3. The number of benzene rings is 1. The Morgan fingerprint density at radius 2 is 1.93 bits per heavy atom. The first kappa shape index (κ1) is 23.8. The number of alkyl halides is 3. The first-order valence-electron chi connectivity index (χ1n) is 9.52. The Labute approximate surface area is 169 Å². The number of aliphatic hydroxyl groups excluding tert-OH is 1. The van der Waals surface area contributed by atoms with E-state index in [2.05, 4.69) is 0 Å². The summed E-state index contributed by atoms with van der Waals surface area (Å²) in [5, 5.41) is 10.9. The highest BCUT2D eigenvalue weighted by Crippen LogP contribution is 2.45. The second-order valence-corrected chi connectivity index (χ2v) is 9.68. The van der Waals surface area contributed by atoms with Crippen LogP contribution in [0.2, 0.25) is 0 Å². The first-order valence-corrected chi connectivity index (χ1v) is 11.1. The van der Waals surface area contributed by atoms with Crippen molar-refractivity contribution in [1.82, 2.24) is 4.31 Å². The van der Waals surface area contributed by atoms with Crippen molar-refractivity contribution in [2.24, 2.45) is 0 Å². The number of ether oxygens (including phenoxy) is 2. The van der Waals surface area contributed by atoms with Crippen LogP contribution in [0.25, 0.3) is 0 Å². The summed E-state index contributed by atoms with van der Waals surface area (Å²) in [5.74, 6) is 0.558. The summed E-state index contributed by atoms with van der Waals surface area (Å²) in [4.78, 5) is 0. The highest BCUT2D eigenvalue weighted by Gasteiger charge is 2.47. The molecule has 1 aliphatic rings. The predicted octanol–water partition coefficient (Wildman–Crippen LogP) is 3.65. The molecule has 0 saturated heterocycles. The Morgan fingerprint density at radius 3 is 2.48 bits per heavy atom. The van der Waals surface area contributed by atoms with Gasteiger partial charge in [-0.1, -0.05) is 6.92 Å². The maximum absolute atomic E-state index is 12.6. The zero-order valence-corrected chi connectivity index (χ0v) is 17.8. The molecule has 0 fully saturated rings. The Bertz CT molecular complexity index is 811. The van der Waals surface area contributed by atoms with Gasteiger partial charge in [-0.25, -0.2) is 8.42 Å². The monoisotopic (exact) mass is 439 g/mol. The number of nitrogens with zero attached hydrogens (tertiary/aromatic N) is 1. The van der Waals surface area contributed by atoms with E-state index >= 15 is 0 Å². The molecule has 0 aliphatic carbocycles. The number of sulfonamides is 1. The molecule has 1 aromatic rings. The average Bonchev–Trinajstić information content (AvgIpc) is 2.61. The molecule has 10 heteroatoms. The molecule has 6 nitrogen and oxygen atoms in total. The van der Waals surface area contributed by atoms with Crippen LogP contribution < -0.4 is 9.47 Å². The molecule has 1 aromatic carbocycles. The van der Waals surface area contributed by atoms with Crippen molar-refractivity contribution in [3.05, 3.63) is 23.8 Å². The van der Waals surface area contributed by atoms with Crippen molar-refractivity contribution >= 4 is 10.0 Å². The van der Waals surface area contributed by atoms with Gasteiger partial charge in [0.2, 0.25) is 10.0 Å². The van der Waals surface area contributed by atoms with Gasteiger partial charge in [0.1, 0.15) is 23.2 Å². The minimum absolute atomic E-state index is 0.131. The zero-order valence-electron chi connectivity index (χ0n) is 17.0. The molecule has 166 valence electrons. The number of aliphatic hydroxyl groups is 1. The lowest BCUT2D eigenvalue weighted by Gasteiger charge is -2.45. The standard InChI is InChI=1S/C19H28F3NO5S/c1-5-23(29(25,26)6-2)16-14-12-13(27-11-7-10-19(20,21)22)8-9-15(14)28-18(3,4)17(16)24/h8-9,12,16-17,24H,5-7,10-11H2,1-4H3. The van der Waals surface area contributed by atoms with E-state index in [9.17, 15) is 26.7 Å². The molecule has 0 saturated carbocycles. The van der Waals surface area contributed by atoms with Crippen LogP contribution in [0.5, 0.6) is 11.5 Å². The van der Waals surface area contributed by atoms with E-state index < -0.39 is 40.4 Å². The molecule has 0 amide bonds. The van der Waals surface area contributed by atoms with E-state index in [1.165, 1.54) is 17.3 Å². The van der Waals surface area contributed by atoms with Crippen molar-refractivity contribution in [3.8, 4) is 11.5 Å². The highest BCUT2D eigenvalue weighted by atomic mass is 32.2. The molecule has 0 spiro atoms. The maximum Gasteiger partial charge on any atom is 0.389 e. The first-order chi connectivity index (χ1) is 13.3. The van der Waals surface area contributed by atoms with Gasteiger partial charge in [-0.05, 0) is 45.4 Å². The quantitative estimate of drug-likeness (QED) is 0.626. The summed E-state index contributed by atoms with van der Waals surface area (Å²) in [6.07, 6.45) is -6.54. The molecular formula is C19H28F3NO5S. The Morgan fingerprint density at radius 1 is 1.28 bits per heavy atom. The van der Waals surface area contributed by atoms with E-state index in [0.29, 0.717) is 11.3 Å². The molecule has 0 bridgehead atoms. The number of rotatable bonds is 8. The number of hydrogen-bond donors (Lipinski definition) is 1. The number of likely N-dealkylation sites (N-methyl/N-ethyl adjacent to an activating group) is 1. The van der Waals surface area contributed by atoms with Crippen LogP contribution in [-0.4, -0.2) is 54.6 Å². The van der Waals surface area contributed by atoms with E-state index in [1.54, 1.807) is 32.9 Å². The fourth-order valence-corrected chi connectivity index (χ4v) is 4.64. The lowest BCUT2D eigenvalue weighted by atomic mass is 9.86. The Hall–Kier alpha value is -1.52. The Balaban J connectivity index is 2.36. The third kappa shape index (κ3) is 5.55. The lowest BCUT2D eigenvalue weighted by molar-refractivity contribution is -0.136. The summed E-state index contributed by atoms with van der Waals surface area (Å²) >= 11 is 0. The minimum atomic E-state index is -4.25. The largest absolute Gasteiger partial charge is 0.494 e. The van der Waals surface area contributed by atoms with Crippen molar-refractivity contribution < 1.29 is 36.2 Å². The highest BCUT2D eigenvalue weighted by molar-refractivity contribution is 7.89. The topological polar surface area (TPSA) is 76.1 Å². The molecular weight excluding hydrogens is 411 g/mol. The van der Waals surface area contributed by atoms with Gasteiger partial charge in [-0.3, -0.25) is 0 Å². The predicted molar refractivity (Wildman–Crippen MR) is 103 cm³/mol. The van der Waals surface area contributed by atoms with Crippen LogP contribution in [-0.2, 0) is 10.0 Å². The summed E-state index contributed by atoms with van der Waals surface area (Å²) in [5.41, 5.74) is -0.618. The second kappa shape index (κ2) is 8.69. The SMILES string of the molecule is CCN(C1c2cc(OCCCC(F)(F)F)ccc2OC(C)(C)C1O)S(=O)(=O)CC. The van der Waals surface area contributed by atoms with Gasteiger partial charge in [0.25, 0.3) is 0 Å². The van der Waals surface area contributed by atoms with Crippen LogP contribution in [0.1, 0.15) is 52.1 Å². The van der Waals surface area contributed by atoms with E-state index in [-0.39, 0.29) is 31.1 Å². The van der Waals surface area contributed by atoms with Gasteiger partial charge in [-0.2, -0.15) is 17.5 Å². The summed E-state index contributed by atoms with van der Waals surface area (Å²) in [7, 11) is -3.63. The van der Waals surface area contributed by atoms with Crippen LogP contribution in [0, 0.1) is 0 Å². The van der Waals surface area contributed by atoms with Crippen LogP contribution in [0.3, 0.4) is 0 Å². The van der Waals surface area contributed by atoms with Crippen molar-refractivity contribution in [3.63, 3.8) is 0 Å². The maximum atomic E-state index is 12.6.